The Morgan fingerprint density at radius 2 is 1.90 bits per heavy atom. The highest BCUT2D eigenvalue weighted by atomic mass is 16.1. The van der Waals surface area contributed by atoms with Crippen LogP contribution >= 0.6 is 0 Å². The van der Waals surface area contributed by atoms with Gasteiger partial charge in [-0.15, -0.1) is 0 Å². The van der Waals surface area contributed by atoms with Crippen LogP contribution in [0.3, 0.4) is 0 Å². The summed E-state index contributed by atoms with van der Waals surface area (Å²) in [6.07, 6.45) is 10.2. The standard InChI is InChI=1S/C20H30O/c1-12-10-17-14(11-19(12)21)5-6-16-15(17)8-9-20(3)13(2)4-7-18(16)20/h12,14-18H,2,4-11H2,1,3H3/t12-,14-,15-,16+,17-,18-,20+/m0/s1. The summed E-state index contributed by atoms with van der Waals surface area (Å²) in [5.74, 6) is 5.21. The minimum absolute atomic E-state index is 0.330. The summed E-state index contributed by atoms with van der Waals surface area (Å²) in [5, 5.41) is 0. The van der Waals surface area contributed by atoms with Crippen LogP contribution in [-0.4, -0.2) is 5.78 Å². The zero-order chi connectivity index (χ0) is 14.8. The number of hydrogen-bond acceptors (Lipinski definition) is 1. The molecule has 4 fully saturated rings. The maximum absolute atomic E-state index is 12.1. The molecule has 0 radical (unpaired) electrons. The minimum Gasteiger partial charge on any atom is -0.299 e. The van der Waals surface area contributed by atoms with Gasteiger partial charge in [-0.05, 0) is 80.0 Å². The van der Waals surface area contributed by atoms with Crippen molar-refractivity contribution in [3.63, 3.8) is 0 Å². The molecule has 0 bridgehead atoms. The summed E-state index contributed by atoms with van der Waals surface area (Å²) in [5.41, 5.74) is 1.99. The quantitative estimate of drug-likeness (QED) is 0.572. The number of carbonyl (C=O) groups is 1. The number of fused-ring (bicyclic) bond motifs is 5. The molecule has 0 aromatic carbocycles. The highest BCUT2D eigenvalue weighted by Crippen LogP contribution is 2.63. The van der Waals surface area contributed by atoms with E-state index in [1.54, 1.807) is 5.57 Å². The van der Waals surface area contributed by atoms with E-state index < -0.39 is 0 Å². The second-order valence-corrected chi connectivity index (χ2v) is 8.84. The van der Waals surface area contributed by atoms with Gasteiger partial charge in [-0.2, -0.15) is 0 Å². The van der Waals surface area contributed by atoms with Crippen molar-refractivity contribution in [1.82, 2.24) is 0 Å². The van der Waals surface area contributed by atoms with Gasteiger partial charge < -0.3 is 0 Å². The van der Waals surface area contributed by atoms with Gasteiger partial charge in [0.05, 0.1) is 0 Å². The van der Waals surface area contributed by atoms with E-state index in [4.69, 9.17) is 0 Å². The number of allylic oxidation sites excluding steroid dienone is 1. The first-order valence-corrected chi connectivity index (χ1v) is 9.21. The predicted molar refractivity (Wildman–Crippen MR) is 85.8 cm³/mol. The van der Waals surface area contributed by atoms with Crippen LogP contribution in [0.4, 0.5) is 0 Å². The van der Waals surface area contributed by atoms with Gasteiger partial charge in [0.15, 0.2) is 0 Å². The molecule has 21 heavy (non-hydrogen) atoms. The smallest absolute Gasteiger partial charge is 0.135 e. The molecule has 4 aliphatic carbocycles. The number of hydrogen-bond donors (Lipinski definition) is 0. The molecule has 1 heteroatoms. The van der Waals surface area contributed by atoms with Crippen LogP contribution in [0, 0.1) is 40.9 Å². The van der Waals surface area contributed by atoms with Gasteiger partial charge in [0.2, 0.25) is 0 Å². The molecule has 0 aromatic rings. The third-order valence-electron chi connectivity index (χ3n) is 8.11. The molecule has 0 unspecified atom stereocenters. The SMILES string of the molecule is C=C1CC[C@H]2[C@@H]3CC[C@H]4CC(=O)[C@@H](C)C[C@@H]4[C@H]3CC[C@]12C. The van der Waals surface area contributed by atoms with Crippen LogP contribution in [0.25, 0.3) is 0 Å². The van der Waals surface area contributed by atoms with Crippen molar-refractivity contribution in [3.05, 3.63) is 12.2 Å². The number of ketones is 1. The van der Waals surface area contributed by atoms with Crippen LogP contribution in [0.1, 0.15) is 65.2 Å². The Morgan fingerprint density at radius 3 is 2.71 bits per heavy atom. The molecule has 4 aliphatic rings. The van der Waals surface area contributed by atoms with Crippen molar-refractivity contribution < 1.29 is 4.79 Å². The highest BCUT2D eigenvalue weighted by molar-refractivity contribution is 5.81. The van der Waals surface area contributed by atoms with Crippen LogP contribution < -0.4 is 0 Å². The topological polar surface area (TPSA) is 17.1 Å². The van der Waals surface area contributed by atoms with E-state index >= 15 is 0 Å². The lowest BCUT2D eigenvalue weighted by atomic mass is 9.50. The van der Waals surface area contributed by atoms with Crippen molar-refractivity contribution in [2.45, 2.75) is 65.2 Å². The Morgan fingerprint density at radius 1 is 1.10 bits per heavy atom. The maximum atomic E-state index is 12.1. The van der Waals surface area contributed by atoms with Crippen molar-refractivity contribution in [2.75, 3.05) is 0 Å². The fourth-order valence-corrected chi connectivity index (χ4v) is 6.76. The Bertz CT molecular complexity index is 478. The lowest BCUT2D eigenvalue weighted by molar-refractivity contribution is -0.131. The predicted octanol–water partition coefficient (Wildman–Crippen LogP) is 5.01. The van der Waals surface area contributed by atoms with E-state index in [-0.39, 0.29) is 0 Å². The van der Waals surface area contributed by atoms with Gasteiger partial charge in [0.25, 0.3) is 0 Å². The molecule has 116 valence electrons. The van der Waals surface area contributed by atoms with Gasteiger partial charge in [-0.3, -0.25) is 4.79 Å². The molecule has 1 nitrogen and oxygen atoms in total. The average Bonchev–Trinajstić information content (AvgIpc) is 2.76. The molecule has 0 aromatic heterocycles. The molecule has 0 N–H and O–H groups in total. The summed E-state index contributed by atoms with van der Waals surface area (Å²) < 4.78 is 0. The van der Waals surface area contributed by atoms with Gasteiger partial charge in [0, 0.05) is 12.3 Å². The molecule has 4 rings (SSSR count). The van der Waals surface area contributed by atoms with Crippen LogP contribution in [-0.2, 0) is 4.79 Å². The first kappa shape index (κ1) is 14.0. The van der Waals surface area contributed by atoms with E-state index in [1.165, 1.54) is 44.9 Å². The first-order valence-electron chi connectivity index (χ1n) is 9.21. The van der Waals surface area contributed by atoms with Crippen molar-refractivity contribution >= 4 is 5.78 Å². The molecule has 7 atom stereocenters. The summed E-state index contributed by atoms with van der Waals surface area (Å²) in [6.45, 7) is 9.08. The Labute approximate surface area is 129 Å². The molecule has 0 heterocycles. The Hall–Kier alpha value is -0.590. The van der Waals surface area contributed by atoms with E-state index in [2.05, 4.69) is 20.4 Å². The van der Waals surface area contributed by atoms with Crippen LogP contribution in [0.15, 0.2) is 12.2 Å². The van der Waals surface area contributed by atoms with Crippen LogP contribution in [0.5, 0.6) is 0 Å². The second kappa shape index (κ2) is 4.70. The second-order valence-electron chi connectivity index (χ2n) is 8.84. The molecular formula is C20H30O. The molecule has 0 spiro atoms. The fourth-order valence-electron chi connectivity index (χ4n) is 6.76. The lowest BCUT2D eigenvalue weighted by Crippen LogP contribution is -2.48. The number of carbonyl (C=O) groups excluding carboxylic acids is 1. The maximum Gasteiger partial charge on any atom is 0.135 e. The van der Waals surface area contributed by atoms with Gasteiger partial charge in [-0.1, -0.05) is 26.0 Å². The zero-order valence-electron chi connectivity index (χ0n) is 13.7. The molecular weight excluding hydrogens is 256 g/mol. The van der Waals surface area contributed by atoms with Gasteiger partial charge in [0.1, 0.15) is 5.78 Å². The van der Waals surface area contributed by atoms with Crippen LogP contribution in [0.2, 0.25) is 0 Å². The van der Waals surface area contributed by atoms with Gasteiger partial charge in [-0.25, -0.2) is 0 Å². The fraction of sp³-hybridized carbons (Fsp3) is 0.850. The lowest BCUT2D eigenvalue weighted by Gasteiger charge is -2.55. The monoisotopic (exact) mass is 286 g/mol. The first-order chi connectivity index (χ1) is 10.0. The summed E-state index contributed by atoms with van der Waals surface area (Å²) >= 11 is 0. The average molecular weight is 286 g/mol. The van der Waals surface area contributed by atoms with E-state index in [0.29, 0.717) is 17.1 Å². The van der Waals surface area contributed by atoms with E-state index in [9.17, 15) is 4.79 Å². The summed E-state index contributed by atoms with van der Waals surface area (Å²) in [7, 11) is 0. The molecule has 0 amide bonds. The van der Waals surface area contributed by atoms with E-state index in [1.807, 2.05) is 0 Å². The Kier molecular flexibility index (Phi) is 3.14. The largest absolute Gasteiger partial charge is 0.299 e. The summed E-state index contributed by atoms with van der Waals surface area (Å²) in [4.78, 5) is 12.1. The third-order valence-corrected chi connectivity index (χ3v) is 8.11. The normalized spacial score (nSPS) is 53.0. The molecule has 4 saturated carbocycles. The van der Waals surface area contributed by atoms with Crippen molar-refractivity contribution in [1.29, 1.82) is 0 Å². The molecule has 0 aliphatic heterocycles. The highest BCUT2D eigenvalue weighted by Gasteiger charge is 2.55. The van der Waals surface area contributed by atoms with Crippen molar-refractivity contribution in [2.24, 2.45) is 40.9 Å². The minimum atomic E-state index is 0.330. The van der Waals surface area contributed by atoms with E-state index in [0.717, 1.165) is 36.0 Å². The summed E-state index contributed by atoms with van der Waals surface area (Å²) in [6, 6.07) is 0. The number of Topliss-reactive ketones (excluding diaryl/α,β-unsaturated/α-hetero) is 1. The zero-order valence-corrected chi connectivity index (χ0v) is 13.7. The third kappa shape index (κ3) is 1.92. The number of rotatable bonds is 0. The van der Waals surface area contributed by atoms with Gasteiger partial charge >= 0.3 is 0 Å². The van der Waals surface area contributed by atoms with Crippen molar-refractivity contribution in [3.8, 4) is 0 Å². The Balaban J connectivity index is 1.60. The molecule has 0 saturated heterocycles.